The Bertz CT molecular complexity index is 411. The van der Waals surface area contributed by atoms with Crippen LogP contribution in [0.3, 0.4) is 0 Å². The first kappa shape index (κ1) is 17.4. The number of nitrogens with one attached hydrogen (secondary N) is 2. The van der Waals surface area contributed by atoms with Gasteiger partial charge in [-0.15, -0.1) is 0 Å². The van der Waals surface area contributed by atoms with Gasteiger partial charge in [-0.05, 0) is 25.7 Å². The second-order valence-corrected chi connectivity index (χ2v) is 5.91. The molecule has 0 bridgehead atoms. The van der Waals surface area contributed by atoms with Crippen LogP contribution < -0.4 is 10.7 Å². The first-order valence-corrected chi connectivity index (χ1v) is 7.34. The van der Waals surface area contributed by atoms with Gasteiger partial charge in [0.05, 0.1) is 0 Å². The predicted octanol–water partition coefficient (Wildman–Crippen LogP) is 0.363. The lowest BCUT2D eigenvalue weighted by Crippen LogP contribution is -2.59. The molecule has 0 unspecified atom stereocenters. The van der Waals surface area contributed by atoms with Crippen LogP contribution in [0.15, 0.2) is 0 Å². The normalized spacial score (nSPS) is 21.8. The lowest BCUT2D eigenvalue weighted by Gasteiger charge is -2.33. The van der Waals surface area contributed by atoms with E-state index in [0.29, 0.717) is 19.4 Å². The van der Waals surface area contributed by atoms with E-state index >= 15 is 0 Å². The zero-order valence-electron chi connectivity index (χ0n) is 13.0. The van der Waals surface area contributed by atoms with E-state index in [0.717, 1.165) is 0 Å². The molecule has 1 aliphatic rings. The van der Waals surface area contributed by atoms with Crippen molar-refractivity contribution >= 4 is 17.8 Å². The number of carboxylic acids is 1. The topological polar surface area (TPSA) is 98.7 Å². The summed E-state index contributed by atoms with van der Waals surface area (Å²) in [4.78, 5) is 35.2. The third kappa shape index (κ3) is 4.70. The second kappa shape index (κ2) is 7.40. The number of aliphatic carboxylic acids is 1. The van der Waals surface area contributed by atoms with Crippen LogP contribution >= 0.6 is 0 Å². The molecule has 3 atom stereocenters. The van der Waals surface area contributed by atoms with Crippen LogP contribution in [0, 0.1) is 11.8 Å². The Morgan fingerprint density at radius 3 is 2.38 bits per heavy atom. The van der Waals surface area contributed by atoms with E-state index in [1.165, 1.54) is 5.01 Å². The van der Waals surface area contributed by atoms with Crippen LogP contribution in [0.4, 0.5) is 0 Å². The molecule has 0 radical (unpaired) electrons. The van der Waals surface area contributed by atoms with Gasteiger partial charge in [0.2, 0.25) is 5.91 Å². The first-order valence-electron chi connectivity index (χ1n) is 7.34. The second-order valence-electron chi connectivity index (χ2n) is 5.91. The molecule has 7 nitrogen and oxygen atoms in total. The van der Waals surface area contributed by atoms with Crippen molar-refractivity contribution in [1.29, 1.82) is 0 Å². The molecule has 1 saturated heterocycles. The number of hydrazine groups is 1. The zero-order chi connectivity index (χ0) is 16.2. The highest BCUT2D eigenvalue weighted by atomic mass is 16.4. The van der Waals surface area contributed by atoms with Gasteiger partial charge in [0.15, 0.2) is 0 Å². The summed E-state index contributed by atoms with van der Waals surface area (Å²) in [6.45, 7) is 7.76. The van der Waals surface area contributed by atoms with Gasteiger partial charge in [-0.1, -0.05) is 20.8 Å². The maximum absolute atomic E-state index is 12.2. The number of carbonyl (C=O) groups excluding carboxylic acids is 2. The van der Waals surface area contributed by atoms with Crippen LogP contribution in [0.5, 0.6) is 0 Å². The number of nitrogens with zero attached hydrogens (tertiary/aromatic N) is 1. The Morgan fingerprint density at radius 2 is 1.86 bits per heavy atom. The third-order valence-corrected chi connectivity index (χ3v) is 3.89. The Hall–Kier alpha value is -1.63. The molecule has 1 aliphatic heterocycles. The van der Waals surface area contributed by atoms with Crippen LogP contribution in [0.1, 0.15) is 40.5 Å². The van der Waals surface area contributed by atoms with Gasteiger partial charge in [0, 0.05) is 12.5 Å². The lowest BCUT2D eigenvalue weighted by molar-refractivity contribution is -0.148. The maximum atomic E-state index is 12.2. The number of hydrogen-bond donors (Lipinski definition) is 3. The molecule has 2 amide bonds. The molecular formula is C14H25N3O4. The molecule has 0 saturated carbocycles. The fourth-order valence-electron chi connectivity index (χ4n) is 2.07. The monoisotopic (exact) mass is 299 g/mol. The number of carbonyl (C=O) groups is 3. The fraction of sp³-hybridized carbons (Fsp3) is 0.786. The van der Waals surface area contributed by atoms with Crippen molar-refractivity contribution in [3.8, 4) is 0 Å². The molecule has 1 fully saturated rings. The summed E-state index contributed by atoms with van der Waals surface area (Å²) in [5, 5.41) is 13.0. The van der Waals surface area contributed by atoms with Crippen LogP contribution in [-0.2, 0) is 14.4 Å². The summed E-state index contributed by atoms with van der Waals surface area (Å²) >= 11 is 0. The van der Waals surface area contributed by atoms with Crippen molar-refractivity contribution in [2.24, 2.45) is 11.8 Å². The summed E-state index contributed by atoms with van der Waals surface area (Å²) in [6.07, 6.45) is 1.11. The zero-order valence-corrected chi connectivity index (χ0v) is 13.0. The van der Waals surface area contributed by atoms with Crippen molar-refractivity contribution in [3.63, 3.8) is 0 Å². The van der Waals surface area contributed by atoms with Crippen molar-refractivity contribution < 1.29 is 19.5 Å². The lowest BCUT2D eigenvalue weighted by atomic mass is 9.97. The highest BCUT2D eigenvalue weighted by Crippen LogP contribution is 2.11. The van der Waals surface area contributed by atoms with Gasteiger partial charge < -0.3 is 10.4 Å². The Morgan fingerprint density at radius 1 is 1.24 bits per heavy atom. The molecule has 0 aromatic heterocycles. The molecule has 0 spiro atoms. The van der Waals surface area contributed by atoms with Gasteiger partial charge in [0.1, 0.15) is 12.1 Å². The van der Waals surface area contributed by atoms with E-state index in [2.05, 4.69) is 10.7 Å². The van der Waals surface area contributed by atoms with Crippen molar-refractivity contribution in [2.45, 2.75) is 52.6 Å². The molecule has 1 rings (SSSR count). The maximum Gasteiger partial charge on any atom is 0.322 e. The summed E-state index contributed by atoms with van der Waals surface area (Å²) in [7, 11) is 0. The number of amides is 2. The largest absolute Gasteiger partial charge is 0.480 e. The van der Waals surface area contributed by atoms with Gasteiger partial charge >= 0.3 is 5.97 Å². The quantitative estimate of drug-likeness (QED) is 0.681. The summed E-state index contributed by atoms with van der Waals surface area (Å²) in [6, 6.07) is -1.43. The molecule has 1 heterocycles. The van der Waals surface area contributed by atoms with Gasteiger partial charge in [-0.3, -0.25) is 19.4 Å². The smallest absolute Gasteiger partial charge is 0.322 e. The van der Waals surface area contributed by atoms with E-state index in [1.54, 1.807) is 6.92 Å². The number of carboxylic acid groups (broad SMARTS) is 1. The van der Waals surface area contributed by atoms with Crippen molar-refractivity contribution in [3.05, 3.63) is 0 Å². The van der Waals surface area contributed by atoms with Crippen molar-refractivity contribution in [2.75, 3.05) is 6.54 Å². The standard InChI is InChI=1S/C14H25N3O4/c1-8(2)9(3)12(18)15-10(4)13(19)17-7-5-6-11(16-17)14(20)21/h8-11,16H,5-7H2,1-4H3,(H,15,18)(H,20,21)/t9-,10-,11-/m0/s1. The van der Waals surface area contributed by atoms with Gasteiger partial charge in [-0.25, -0.2) is 5.43 Å². The number of rotatable bonds is 5. The van der Waals surface area contributed by atoms with Crippen LogP contribution in [0.25, 0.3) is 0 Å². The predicted molar refractivity (Wildman–Crippen MR) is 77.1 cm³/mol. The third-order valence-electron chi connectivity index (χ3n) is 3.89. The minimum absolute atomic E-state index is 0.169. The van der Waals surface area contributed by atoms with Crippen LogP contribution in [0.2, 0.25) is 0 Å². The first-order chi connectivity index (χ1) is 9.73. The molecule has 3 N–H and O–H groups in total. The summed E-state index contributed by atoms with van der Waals surface area (Å²) < 4.78 is 0. The Kier molecular flexibility index (Phi) is 6.14. The average molecular weight is 299 g/mol. The van der Waals surface area contributed by atoms with E-state index in [9.17, 15) is 14.4 Å². The van der Waals surface area contributed by atoms with E-state index in [4.69, 9.17) is 5.11 Å². The number of hydrogen-bond acceptors (Lipinski definition) is 4. The summed E-state index contributed by atoms with van der Waals surface area (Å²) in [5.74, 6) is -1.45. The Balaban J connectivity index is 2.57. The van der Waals surface area contributed by atoms with E-state index < -0.39 is 18.1 Å². The molecule has 0 aliphatic carbocycles. The Labute approximate surface area is 125 Å². The van der Waals surface area contributed by atoms with Gasteiger partial charge in [-0.2, -0.15) is 0 Å². The molecule has 7 heteroatoms. The van der Waals surface area contributed by atoms with E-state index in [-0.39, 0.29) is 23.7 Å². The molecule has 0 aromatic carbocycles. The van der Waals surface area contributed by atoms with Crippen molar-refractivity contribution in [1.82, 2.24) is 15.8 Å². The average Bonchev–Trinajstić information content (AvgIpc) is 2.45. The van der Waals surface area contributed by atoms with Crippen LogP contribution in [-0.4, -0.2) is 46.5 Å². The molecule has 21 heavy (non-hydrogen) atoms. The molecule has 120 valence electrons. The summed E-state index contributed by atoms with van der Waals surface area (Å²) in [5.41, 5.74) is 2.69. The fourth-order valence-corrected chi connectivity index (χ4v) is 2.07. The SMILES string of the molecule is CC(C)[C@H](C)C(=O)N[C@@H](C)C(=O)N1CCC[C@@H](C(=O)O)N1. The highest BCUT2D eigenvalue weighted by molar-refractivity contribution is 5.88. The molecular weight excluding hydrogens is 274 g/mol. The molecule has 0 aromatic rings. The van der Waals surface area contributed by atoms with Gasteiger partial charge in [0.25, 0.3) is 5.91 Å². The minimum atomic E-state index is -0.974. The van der Waals surface area contributed by atoms with E-state index in [1.807, 2.05) is 20.8 Å². The minimum Gasteiger partial charge on any atom is -0.480 e. The highest BCUT2D eigenvalue weighted by Gasteiger charge is 2.31.